The first-order valence-corrected chi connectivity index (χ1v) is 12.6. The van der Waals surface area contributed by atoms with Crippen LogP contribution in [0.15, 0.2) is 29.4 Å². The van der Waals surface area contributed by atoms with Gasteiger partial charge in [0.2, 0.25) is 5.88 Å². The van der Waals surface area contributed by atoms with E-state index in [1.807, 2.05) is 44.4 Å². The van der Waals surface area contributed by atoms with Crippen LogP contribution in [-0.4, -0.2) is 64.1 Å². The van der Waals surface area contributed by atoms with E-state index >= 15 is 0 Å². The molecule has 32 heavy (non-hydrogen) atoms. The Hall–Kier alpha value is -1.98. The van der Waals surface area contributed by atoms with E-state index in [1.165, 1.54) is 11.8 Å². The zero-order chi connectivity index (χ0) is 22.5. The molecule has 0 bridgehead atoms. The van der Waals surface area contributed by atoms with E-state index < -0.39 is 5.79 Å². The Morgan fingerprint density at radius 3 is 2.72 bits per heavy atom. The maximum absolute atomic E-state index is 9.92. The number of methoxy groups -OCH3 is 1. The van der Waals surface area contributed by atoms with Crippen LogP contribution in [-0.2, 0) is 9.47 Å². The van der Waals surface area contributed by atoms with Crippen molar-refractivity contribution in [1.82, 2.24) is 15.0 Å². The molecule has 0 spiro atoms. The highest BCUT2D eigenvalue weighted by Gasteiger charge is 2.54. The third-order valence-electron chi connectivity index (χ3n) is 5.88. The molecule has 3 heterocycles. The topological polar surface area (TPSA) is 98.6 Å². The Kier molecular flexibility index (Phi) is 5.75. The Bertz CT molecular complexity index is 1110. The second-order valence-corrected chi connectivity index (χ2v) is 10.2. The number of nitrogens with one attached hydrogen (secondary N) is 1. The van der Waals surface area contributed by atoms with Crippen molar-refractivity contribution in [2.24, 2.45) is 5.92 Å². The largest absolute Gasteiger partial charge is 0.480 e. The lowest BCUT2D eigenvalue weighted by atomic mass is 10.1. The van der Waals surface area contributed by atoms with Crippen LogP contribution in [0.25, 0.3) is 20.8 Å². The predicted octanol–water partition coefficient (Wildman–Crippen LogP) is 3.80. The molecule has 2 N–H and O–H groups in total. The standard InChI is InChI=1S/C22H26N4O4S2/c1-22(2)29-16-11(10-27)9-13(17(16)30-22)23-18-15(19(28-3)26-21(25-18)31-4)20-24-12-7-5-6-8-14(12)32-20/h5-8,11,13,16-17,27H,9-10H2,1-4H3,(H,23,25,26)/t11-,13-,16-,17+/m1/s1. The van der Waals surface area contributed by atoms with E-state index in [-0.39, 0.29) is 30.8 Å². The summed E-state index contributed by atoms with van der Waals surface area (Å²) in [4.78, 5) is 14.2. The third-order valence-corrected chi connectivity index (χ3v) is 7.48. The summed E-state index contributed by atoms with van der Waals surface area (Å²) in [5.74, 6) is 0.431. The van der Waals surface area contributed by atoms with Gasteiger partial charge in [0.15, 0.2) is 10.9 Å². The Morgan fingerprint density at radius 2 is 2.00 bits per heavy atom. The number of hydrogen-bond acceptors (Lipinski definition) is 10. The molecule has 3 aromatic rings. The molecule has 2 aliphatic rings. The van der Waals surface area contributed by atoms with E-state index in [1.54, 1.807) is 18.4 Å². The molecular weight excluding hydrogens is 448 g/mol. The summed E-state index contributed by atoms with van der Waals surface area (Å²) in [5, 5.41) is 14.9. The number of aliphatic hydroxyl groups excluding tert-OH is 1. The molecular formula is C22H26N4O4S2. The molecule has 8 nitrogen and oxygen atoms in total. The first-order valence-electron chi connectivity index (χ1n) is 10.5. The second-order valence-electron chi connectivity index (χ2n) is 8.42. The van der Waals surface area contributed by atoms with Gasteiger partial charge in [-0.1, -0.05) is 23.9 Å². The first kappa shape index (κ1) is 21.8. The molecule has 1 aromatic carbocycles. The van der Waals surface area contributed by atoms with Crippen molar-refractivity contribution in [1.29, 1.82) is 0 Å². The Labute approximate surface area is 194 Å². The monoisotopic (exact) mass is 474 g/mol. The number of thiazole rings is 1. The predicted molar refractivity (Wildman–Crippen MR) is 125 cm³/mol. The van der Waals surface area contributed by atoms with Crippen molar-refractivity contribution >= 4 is 39.1 Å². The highest BCUT2D eigenvalue weighted by Crippen LogP contribution is 2.45. The Morgan fingerprint density at radius 1 is 1.22 bits per heavy atom. The van der Waals surface area contributed by atoms with Gasteiger partial charge in [-0.2, -0.15) is 4.98 Å². The minimum atomic E-state index is -0.688. The summed E-state index contributed by atoms with van der Waals surface area (Å²) in [5.41, 5.74) is 1.65. The number of anilines is 1. The van der Waals surface area contributed by atoms with Crippen LogP contribution < -0.4 is 10.1 Å². The molecule has 0 amide bonds. The van der Waals surface area contributed by atoms with Crippen molar-refractivity contribution in [2.75, 3.05) is 25.3 Å². The summed E-state index contributed by atoms with van der Waals surface area (Å²) < 4.78 is 19.1. The van der Waals surface area contributed by atoms with Crippen LogP contribution in [0.5, 0.6) is 5.88 Å². The summed E-state index contributed by atoms with van der Waals surface area (Å²) >= 11 is 3.02. The van der Waals surface area contributed by atoms with Crippen molar-refractivity contribution in [3.8, 4) is 16.5 Å². The quantitative estimate of drug-likeness (QED) is 0.408. The lowest BCUT2D eigenvalue weighted by molar-refractivity contribution is -0.158. The van der Waals surface area contributed by atoms with Crippen LogP contribution >= 0.6 is 23.1 Å². The van der Waals surface area contributed by atoms with Gasteiger partial charge >= 0.3 is 0 Å². The van der Waals surface area contributed by atoms with Crippen LogP contribution in [0.2, 0.25) is 0 Å². The highest BCUT2D eigenvalue weighted by atomic mass is 32.2. The minimum Gasteiger partial charge on any atom is -0.480 e. The number of hydrogen-bond donors (Lipinski definition) is 2. The van der Waals surface area contributed by atoms with Gasteiger partial charge in [-0.25, -0.2) is 9.97 Å². The van der Waals surface area contributed by atoms with Crippen molar-refractivity contribution in [3.63, 3.8) is 0 Å². The van der Waals surface area contributed by atoms with Gasteiger partial charge < -0.3 is 24.6 Å². The second kappa shape index (κ2) is 8.42. The number of aliphatic hydroxyl groups is 1. The molecule has 1 aliphatic carbocycles. The molecule has 170 valence electrons. The highest BCUT2D eigenvalue weighted by molar-refractivity contribution is 7.98. The minimum absolute atomic E-state index is 0.00562. The average molecular weight is 475 g/mol. The van der Waals surface area contributed by atoms with E-state index in [0.29, 0.717) is 23.3 Å². The van der Waals surface area contributed by atoms with E-state index in [2.05, 4.69) is 10.3 Å². The molecule has 0 unspecified atom stereocenters. The SMILES string of the molecule is COc1nc(SC)nc(N[C@@H]2C[C@H](CO)[C@H]3OC(C)(C)O[C@H]32)c1-c1nc2ccccc2s1. The number of ether oxygens (including phenoxy) is 3. The fourth-order valence-electron chi connectivity index (χ4n) is 4.52. The fraction of sp³-hybridized carbons (Fsp3) is 0.500. The normalized spacial score (nSPS) is 26.4. The molecule has 4 atom stereocenters. The van der Waals surface area contributed by atoms with Gasteiger partial charge in [-0.05, 0) is 38.7 Å². The number of nitrogens with zero attached hydrogens (tertiary/aromatic N) is 3. The zero-order valence-corrected chi connectivity index (χ0v) is 20.0. The van der Waals surface area contributed by atoms with Gasteiger partial charge in [0.1, 0.15) is 22.5 Å². The van der Waals surface area contributed by atoms with Crippen LogP contribution in [0.1, 0.15) is 20.3 Å². The molecule has 5 rings (SSSR count). The maximum Gasteiger partial charge on any atom is 0.229 e. The number of para-hydroxylation sites is 1. The van der Waals surface area contributed by atoms with Crippen molar-refractivity contribution < 1.29 is 19.3 Å². The van der Waals surface area contributed by atoms with E-state index in [0.717, 1.165) is 20.8 Å². The summed E-state index contributed by atoms with van der Waals surface area (Å²) in [6, 6.07) is 7.93. The van der Waals surface area contributed by atoms with E-state index in [9.17, 15) is 5.11 Å². The van der Waals surface area contributed by atoms with Gasteiger partial charge in [0.05, 0.1) is 29.5 Å². The molecule has 1 aliphatic heterocycles. The van der Waals surface area contributed by atoms with Gasteiger partial charge in [0, 0.05) is 12.5 Å². The van der Waals surface area contributed by atoms with Crippen LogP contribution in [0.4, 0.5) is 5.82 Å². The van der Waals surface area contributed by atoms with Crippen LogP contribution in [0.3, 0.4) is 0 Å². The maximum atomic E-state index is 9.92. The molecule has 1 saturated heterocycles. The van der Waals surface area contributed by atoms with Crippen LogP contribution in [0, 0.1) is 5.92 Å². The first-order chi connectivity index (χ1) is 15.4. The Balaban J connectivity index is 1.57. The number of rotatable bonds is 6. The fourth-order valence-corrected chi connectivity index (χ4v) is 5.88. The molecule has 2 fully saturated rings. The number of fused-ring (bicyclic) bond motifs is 2. The average Bonchev–Trinajstić information content (AvgIpc) is 3.44. The zero-order valence-electron chi connectivity index (χ0n) is 18.4. The molecule has 2 aromatic heterocycles. The molecule has 10 heteroatoms. The van der Waals surface area contributed by atoms with Crippen molar-refractivity contribution in [2.45, 2.75) is 49.5 Å². The number of aromatic nitrogens is 3. The molecule has 1 saturated carbocycles. The lowest BCUT2D eigenvalue weighted by Crippen LogP contribution is -2.35. The smallest absolute Gasteiger partial charge is 0.229 e. The lowest BCUT2D eigenvalue weighted by Gasteiger charge is -2.24. The molecule has 0 radical (unpaired) electrons. The summed E-state index contributed by atoms with van der Waals surface area (Å²) in [7, 11) is 1.61. The van der Waals surface area contributed by atoms with Gasteiger partial charge in [-0.3, -0.25) is 0 Å². The van der Waals surface area contributed by atoms with Crippen molar-refractivity contribution in [3.05, 3.63) is 24.3 Å². The summed E-state index contributed by atoms with van der Waals surface area (Å²) in [6.07, 6.45) is 2.29. The van der Waals surface area contributed by atoms with E-state index in [4.69, 9.17) is 24.2 Å². The summed E-state index contributed by atoms with van der Waals surface area (Å²) in [6.45, 7) is 3.86. The number of benzene rings is 1. The number of thioether (sulfide) groups is 1. The van der Waals surface area contributed by atoms with Gasteiger partial charge in [-0.15, -0.1) is 11.3 Å². The third kappa shape index (κ3) is 3.84. The van der Waals surface area contributed by atoms with Gasteiger partial charge in [0.25, 0.3) is 0 Å².